The molecule has 3 rings (SSSR count). The van der Waals surface area contributed by atoms with Gasteiger partial charge in [-0.2, -0.15) is 0 Å². The lowest BCUT2D eigenvalue weighted by molar-refractivity contribution is -0.139. The lowest BCUT2D eigenvalue weighted by Crippen LogP contribution is -2.32. The van der Waals surface area contributed by atoms with E-state index in [0.29, 0.717) is 18.5 Å². The molecule has 8 heteroatoms. The second-order valence-electron chi connectivity index (χ2n) is 7.28. The van der Waals surface area contributed by atoms with Crippen molar-refractivity contribution in [2.75, 3.05) is 34.3 Å². The molecule has 7 nitrogen and oxygen atoms in total. The Morgan fingerprint density at radius 3 is 2.70 bits per heavy atom. The second-order valence-corrected chi connectivity index (χ2v) is 7.28. The Bertz CT molecular complexity index is 976. The second kappa shape index (κ2) is 9.04. The summed E-state index contributed by atoms with van der Waals surface area (Å²) in [5, 5.41) is 11.0. The number of carbonyl (C=O) groups excluding carboxylic acids is 2. The largest absolute Gasteiger partial charge is 0.507 e. The highest BCUT2D eigenvalue weighted by Gasteiger charge is 2.46. The fourth-order valence-corrected chi connectivity index (χ4v) is 3.56. The van der Waals surface area contributed by atoms with Crippen LogP contribution in [0.2, 0.25) is 0 Å². The van der Waals surface area contributed by atoms with E-state index in [4.69, 9.17) is 4.74 Å². The number of hydrogen-bond acceptors (Lipinski definition) is 6. The summed E-state index contributed by atoms with van der Waals surface area (Å²) < 4.78 is 19.1. The van der Waals surface area contributed by atoms with E-state index in [1.165, 1.54) is 24.1 Å². The third kappa shape index (κ3) is 4.18. The first kappa shape index (κ1) is 21.4. The molecule has 1 aromatic heterocycles. The average molecular weight is 413 g/mol. The normalized spacial score (nSPS) is 18.3. The summed E-state index contributed by atoms with van der Waals surface area (Å²) in [7, 11) is 5.22. The molecule has 30 heavy (non-hydrogen) atoms. The highest BCUT2D eigenvalue weighted by Crippen LogP contribution is 2.40. The number of amides is 1. The Balaban J connectivity index is 2.13. The number of aromatic nitrogens is 1. The van der Waals surface area contributed by atoms with E-state index in [1.807, 2.05) is 19.0 Å². The molecule has 0 spiro atoms. The number of carbonyl (C=O) groups is 2. The molecule has 1 atom stereocenters. The Labute approximate surface area is 174 Å². The highest BCUT2D eigenvalue weighted by molar-refractivity contribution is 6.46. The SMILES string of the molecule is COc1ccc(F)cc1/C(O)=C1\C(=O)C(=O)N(CCCN(C)C)C1c1cccnc1. The van der Waals surface area contributed by atoms with Gasteiger partial charge in [0.1, 0.15) is 17.3 Å². The first-order valence-electron chi connectivity index (χ1n) is 9.52. The van der Waals surface area contributed by atoms with Crippen molar-refractivity contribution in [2.24, 2.45) is 0 Å². The quantitative estimate of drug-likeness (QED) is 0.427. The molecule has 2 aromatic rings. The number of ketones is 1. The number of ether oxygens (including phenoxy) is 1. The summed E-state index contributed by atoms with van der Waals surface area (Å²) in [5.41, 5.74) is 0.484. The van der Waals surface area contributed by atoms with Gasteiger partial charge in [0.25, 0.3) is 11.7 Å². The molecule has 2 heterocycles. The number of nitrogens with zero attached hydrogens (tertiary/aromatic N) is 3. The summed E-state index contributed by atoms with van der Waals surface area (Å²) >= 11 is 0. The monoisotopic (exact) mass is 413 g/mol. The molecule has 1 aliphatic rings. The number of benzene rings is 1. The maximum Gasteiger partial charge on any atom is 0.295 e. The summed E-state index contributed by atoms with van der Waals surface area (Å²) in [6, 6.07) is 6.23. The molecule has 0 bridgehead atoms. The summed E-state index contributed by atoms with van der Waals surface area (Å²) in [6.45, 7) is 1.04. The molecule has 0 saturated carbocycles. The lowest BCUT2D eigenvalue weighted by Gasteiger charge is -2.25. The molecular weight excluding hydrogens is 389 g/mol. The van der Waals surface area contributed by atoms with Crippen LogP contribution in [0.5, 0.6) is 5.75 Å². The number of halogens is 1. The minimum atomic E-state index is -0.825. The zero-order valence-electron chi connectivity index (χ0n) is 17.1. The van der Waals surface area contributed by atoms with Crippen molar-refractivity contribution in [3.63, 3.8) is 0 Å². The van der Waals surface area contributed by atoms with Crippen LogP contribution in [0.15, 0.2) is 48.3 Å². The fourth-order valence-electron chi connectivity index (χ4n) is 3.56. The van der Waals surface area contributed by atoms with Gasteiger partial charge in [-0.15, -0.1) is 0 Å². The van der Waals surface area contributed by atoms with Crippen molar-refractivity contribution in [3.05, 3.63) is 65.2 Å². The van der Waals surface area contributed by atoms with Crippen molar-refractivity contribution in [2.45, 2.75) is 12.5 Å². The molecule has 0 aliphatic carbocycles. The molecule has 1 saturated heterocycles. The fraction of sp³-hybridized carbons (Fsp3) is 0.318. The highest BCUT2D eigenvalue weighted by atomic mass is 19.1. The Morgan fingerprint density at radius 1 is 1.30 bits per heavy atom. The number of pyridine rings is 1. The Hall–Kier alpha value is -3.26. The predicted molar refractivity (Wildman–Crippen MR) is 109 cm³/mol. The number of rotatable bonds is 7. The van der Waals surface area contributed by atoms with E-state index < -0.39 is 29.3 Å². The first-order valence-corrected chi connectivity index (χ1v) is 9.52. The topological polar surface area (TPSA) is 83.0 Å². The minimum Gasteiger partial charge on any atom is -0.507 e. The zero-order valence-corrected chi connectivity index (χ0v) is 17.1. The van der Waals surface area contributed by atoms with Crippen LogP contribution in [0.25, 0.3) is 5.76 Å². The summed E-state index contributed by atoms with van der Waals surface area (Å²) in [6.07, 6.45) is 3.77. The molecule has 1 fully saturated rings. The van der Waals surface area contributed by atoms with Gasteiger partial charge in [0, 0.05) is 18.9 Å². The molecule has 1 N–H and O–H groups in total. The van der Waals surface area contributed by atoms with Gasteiger partial charge in [-0.25, -0.2) is 4.39 Å². The van der Waals surface area contributed by atoms with E-state index >= 15 is 0 Å². The van der Waals surface area contributed by atoms with Crippen LogP contribution in [-0.4, -0.2) is 65.9 Å². The maximum atomic E-state index is 13.9. The number of methoxy groups -OCH3 is 1. The number of Topliss-reactive ketones (excluding diaryl/α,β-unsaturated/α-hetero) is 1. The van der Waals surface area contributed by atoms with E-state index in [9.17, 15) is 19.1 Å². The number of hydrogen-bond donors (Lipinski definition) is 1. The van der Waals surface area contributed by atoms with Crippen molar-refractivity contribution in [3.8, 4) is 5.75 Å². The van der Waals surface area contributed by atoms with Crippen LogP contribution >= 0.6 is 0 Å². The molecule has 1 amide bonds. The lowest BCUT2D eigenvalue weighted by atomic mass is 9.96. The van der Waals surface area contributed by atoms with Gasteiger partial charge in [-0.3, -0.25) is 14.6 Å². The van der Waals surface area contributed by atoms with Crippen LogP contribution in [0.3, 0.4) is 0 Å². The van der Waals surface area contributed by atoms with Crippen LogP contribution < -0.4 is 4.74 Å². The Morgan fingerprint density at radius 2 is 2.07 bits per heavy atom. The average Bonchev–Trinajstić information content (AvgIpc) is 2.98. The summed E-state index contributed by atoms with van der Waals surface area (Å²) in [4.78, 5) is 33.2. The molecule has 1 aliphatic heterocycles. The summed E-state index contributed by atoms with van der Waals surface area (Å²) in [5.74, 6) is -2.42. The van der Waals surface area contributed by atoms with Crippen LogP contribution in [0, 0.1) is 5.82 Å². The van der Waals surface area contributed by atoms with Crippen molar-refractivity contribution in [1.29, 1.82) is 0 Å². The third-order valence-electron chi connectivity index (χ3n) is 4.96. The van der Waals surface area contributed by atoms with Gasteiger partial charge < -0.3 is 19.6 Å². The van der Waals surface area contributed by atoms with Gasteiger partial charge in [0.2, 0.25) is 0 Å². The first-order chi connectivity index (χ1) is 14.3. The standard InChI is InChI=1S/C22H24FN3O4/c1-25(2)10-5-11-26-19(14-6-4-9-24-13-14)18(21(28)22(26)29)20(27)16-12-15(23)7-8-17(16)30-3/h4,6-9,12-13,19,27H,5,10-11H2,1-3H3/b20-18+. The smallest absolute Gasteiger partial charge is 0.295 e. The number of aliphatic hydroxyl groups excluding tert-OH is 1. The maximum absolute atomic E-state index is 13.9. The van der Waals surface area contributed by atoms with Gasteiger partial charge >= 0.3 is 0 Å². The molecular formula is C22H24FN3O4. The molecule has 0 radical (unpaired) electrons. The van der Waals surface area contributed by atoms with E-state index in [1.54, 1.807) is 24.5 Å². The third-order valence-corrected chi connectivity index (χ3v) is 4.96. The van der Waals surface area contributed by atoms with Gasteiger partial charge in [0.15, 0.2) is 0 Å². The van der Waals surface area contributed by atoms with Gasteiger partial charge in [-0.05, 0) is 56.9 Å². The minimum absolute atomic E-state index is 0.0117. The number of likely N-dealkylation sites (tertiary alicyclic amines) is 1. The molecule has 1 aromatic carbocycles. The van der Waals surface area contributed by atoms with E-state index in [0.717, 1.165) is 12.6 Å². The van der Waals surface area contributed by atoms with Gasteiger partial charge in [-0.1, -0.05) is 6.07 Å². The van der Waals surface area contributed by atoms with Crippen molar-refractivity contribution >= 4 is 17.4 Å². The molecule has 158 valence electrons. The van der Waals surface area contributed by atoms with Crippen molar-refractivity contribution < 1.29 is 23.8 Å². The zero-order chi connectivity index (χ0) is 21.8. The van der Waals surface area contributed by atoms with Crippen LogP contribution in [-0.2, 0) is 9.59 Å². The predicted octanol–water partition coefficient (Wildman–Crippen LogP) is 2.60. The number of aliphatic hydroxyl groups is 1. The van der Waals surface area contributed by atoms with Crippen LogP contribution in [0.4, 0.5) is 4.39 Å². The van der Waals surface area contributed by atoms with Gasteiger partial charge in [0.05, 0.1) is 24.3 Å². The van der Waals surface area contributed by atoms with E-state index in [2.05, 4.69) is 4.98 Å². The Kier molecular flexibility index (Phi) is 6.47. The molecule has 1 unspecified atom stereocenters. The van der Waals surface area contributed by atoms with E-state index in [-0.39, 0.29) is 16.9 Å². The van der Waals surface area contributed by atoms with Crippen LogP contribution in [0.1, 0.15) is 23.6 Å². The van der Waals surface area contributed by atoms with Crippen molar-refractivity contribution in [1.82, 2.24) is 14.8 Å².